The minimum Gasteiger partial charge on any atom is -0.304 e. The number of carbonyl (C=O) groups excluding carboxylic acids is 1. The molecule has 0 saturated carbocycles. The van der Waals surface area contributed by atoms with Crippen molar-refractivity contribution in [2.75, 3.05) is 5.32 Å². The first-order chi connectivity index (χ1) is 15.0. The highest BCUT2D eigenvalue weighted by molar-refractivity contribution is 6.34. The van der Waals surface area contributed by atoms with Crippen LogP contribution in [0.1, 0.15) is 37.0 Å². The quantitative estimate of drug-likeness (QED) is 0.397. The number of nitrogens with zero attached hydrogens (tertiary/aromatic N) is 4. The average molecular weight is 434 g/mol. The predicted octanol–water partition coefficient (Wildman–Crippen LogP) is 5.84. The Morgan fingerprint density at radius 2 is 1.97 bits per heavy atom. The molecule has 0 fully saturated rings. The molecule has 3 aromatic heterocycles. The van der Waals surface area contributed by atoms with Gasteiger partial charge in [-0.2, -0.15) is 5.10 Å². The van der Waals surface area contributed by atoms with Crippen LogP contribution in [0, 0.1) is 5.92 Å². The van der Waals surface area contributed by atoms with E-state index < -0.39 is 0 Å². The van der Waals surface area contributed by atoms with E-state index in [1.54, 1.807) is 18.3 Å². The molecule has 1 amide bonds. The van der Waals surface area contributed by atoms with Crippen LogP contribution in [0.4, 0.5) is 5.82 Å². The summed E-state index contributed by atoms with van der Waals surface area (Å²) in [5.41, 5.74) is 2.80. The number of amides is 1. The topological polar surface area (TPSA) is 72.7 Å². The van der Waals surface area contributed by atoms with Crippen molar-refractivity contribution in [2.45, 2.75) is 33.2 Å². The van der Waals surface area contributed by atoms with E-state index in [9.17, 15) is 4.79 Å². The number of nitrogens with one attached hydrogen (secondary N) is 1. The molecular formula is C24H24ClN5O. The molecule has 1 aromatic carbocycles. The van der Waals surface area contributed by atoms with Gasteiger partial charge in [-0.3, -0.25) is 9.78 Å². The van der Waals surface area contributed by atoms with Gasteiger partial charge in [0, 0.05) is 24.5 Å². The Morgan fingerprint density at radius 3 is 2.68 bits per heavy atom. The molecule has 0 spiro atoms. The lowest BCUT2D eigenvalue weighted by atomic mass is 10.1. The van der Waals surface area contributed by atoms with Gasteiger partial charge in [-0.25, -0.2) is 9.67 Å². The molecule has 4 rings (SSSR count). The van der Waals surface area contributed by atoms with Gasteiger partial charge < -0.3 is 5.32 Å². The molecule has 3 heterocycles. The second kappa shape index (κ2) is 9.27. The molecular weight excluding hydrogens is 410 g/mol. The van der Waals surface area contributed by atoms with E-state index >= 15 is 0 Å². The molecule has 0 radical (unpaired) electrons. The lowest BCUT2D eigenvalue weighted by Gasteiger charge is -2.07. The van der Waals surface area contributed by atoms with Gasteiger partial charge in [0.25, 0.3) is 5.91 Å². The Bertz CT molecular complexity index is 1190. The largest absolute Gasteiger partial charge is 0.304 e. The zero-order valence-electron chi connectivity index (χ0n) is 17.5. The zero-order valence-corrected chi connectivity index (χ0v) is 18.3. The number of anilines is 1. The standard InChI is InChI=1S/C24H24ClN5O/c1-16(2)8-7-13-30-23-19(14-20(25)21(27-23)17-9-4-3-5-10-17)22(29-30)28-24(31)18-11-6-12-26-15-18/h3-6,9-12,14-16H,7-8,13H2,1-2H3,(H,28,29,31). The molecule has 0 unspecified atom stereocenters. The second-order valence-corrected chi connectivity index (χ2v) is 8.27. The fraction of sp³-hybridized carbons (Fsp3) is 0.250. The van der Waals surface area contributed by atoms with E-state index in [2.05, 4.69) is 29.2 Å². The summed E-state index contributed by atoms with van der Waals surface area (Å²) >= 11 is 6.60. The number of aromatic nitrogens is 4. The van der Waals surface area contributed by atoms with Crippen LogP contribution in [0.3, 0.4) is 0 Å². The van der Waals surface area contributed by atoms with Crippen LogP contribution < -0.4 is 5.32 Å². The van der Waals surface area contributed by atoms with Crippen molar-refractivity contribution in [1.29, 1.82) is 0 Å². The van der Waals surface area contributed by atoms with E-state index in [1.165, 1.54) is 6.20 Å². The third-order valence-corrected chi connectivity index (χ3v) is 5.32. The van der Waals surface area contributed by atoms with Crippen molar-refractivity contribution in [1.82, 2.24) is 19.7 Å². The number of fused-ring (bicyclic) bond motifs is 1. The first kappa shape index (κ1) is 21.0. The van der Waals surface area contributed by atoms with Crippen molar-refractivity contribution in [3.8, 4) is 11.3 Å². The number of carbonyl (C=O) groups is 1. The zero-order chi connectivity index (χ0) is 21.8. The maximum Gasteiger partial charge on any atom is 0.258 e. The lowest BCUT2D eigenvalue weighted by molar-refractivity contribution is 0.102. The summed E-state index contributed by atoms with van der Waals surface area (Å²) in [5, 5.41) is 8.79. The summed E-state index contributed by atoms with van der Waals surface area (Å²) in [4.78, 5) is 21.5. The fourth-order valence-electron chi connectivity index (χ4n) is 3.44. The van der Waals surface area contributed by atoms with Crippen LogP contribution >= 0.6 is 11.6 Å². The smallest absolute Gasteiger partial charge is 0.258 e. The summed E-state index contributed by atoms with van der Waals surface area (Å²) in [6, 6.07) is 15.1. The van der Waals surface area contributed by atoms with Crippen LogP contribution in [-0.2, 0) is 6.54 Å². The maximum absolute atomic E-state index is 12.7. The maximum atomic E-state index is 12.7. The van der Waals surface area contributed by atoms with E-state index in [0.29, 0.717) is 45.6 Å². The predicted molar refractivity (Wildman–Crippen MR) is 124 cm³/mol. The lowest BCUT2D eigenvalue weighted by Crippen LogP contribution is -2.13. The molecule has 31 heavy (non-hydrogen) atoms. The molecule has 158 valence electrons. The number of aryl methyl sites for hydroxylation is 1. The van der Waals surface area contributed by atoms with Gasteiger partial charge in [0.2, 0.25) is 0 Å². The Morgan fingerprint density at radius 1 is 1.16 bits per heavy atom. The fourth-order valence-corrected chi connectivity index (χ4v) is 3.71. The van der Waals surface area contributed by atoms with Gasteiger partial charge in [-0.05, 0) is 37.0 Å². The van der Waals surface area contributed by atoms with Gasteiger partial charge in [-0.1, -0.05) is 55.8 Å². The molecule has 4 aromatic rings. The first-order valence-electron chi connectivity index (χ1n) is 10.4. The Balaban J connectivity index is 1.75. The molecule has 6 nitrogen and oxygen atoms in total. The molecule has 0 saturated heterocycles. The van der Waals surface area contributed by atoms with E-state index in [-0.39, 0.29) is 5.91 Å². The summed E-state index contributed by atoms with van der Waals surface area (Å²) in [6.07, 6.45) is 5.20. The number of rotatable bonds is 7. The summed E-state index contributed by atoms with van der Waals surface area (Å²) in [7, 11) is 0. The first-order valence-corrected chi connectivity index (χ1v) is 10.7. The SMILES string of the molecule is CC(C)CCCn1nc(NC(=O)c2cccnc2)c2cc(Cl)c(-c3ccccc3)nc21. The van der Waals surface area contributed by atoms with Crippen molar-refractivity contribution in [3.63, 3.8) is 0 Å². The molecule has 1 N–H and O–H groups in total. The van der Waals surface area contributed by atoms with Gasteiger partial charge in [0.15, 0.2) is 11.5 Å². The van der Waals surface area contributed by atoms with Gasteiger partial charge in [0.1, 0.15) is 0 Å². The summed E-state index contributed by atoms with van der Waals surface area (Å²) < 4.78 is 1.86. The molecule has 7 heteroatoms. The van der Waals surface area contributed by atoms with E-state index in [1.807, 2.05) is 41.1 Å². The Hall–Kier alpha value is -3.25. The highest BCUT2D eigenvalue weighted by Gasteiger charge is 2.18. The van der Waals surface area contributed by atoms with Crippen molar-refractivity contribution < 1.29 is 4.79 Å². The monoisotopic (exact) mass is 433 g/mol. The van der Waals surface area contributed by atoms with Gasteiger partial charge in [-0.15, -0.1) is 0 Å². The molecule has 0 atom stereocenters. The number of hydrogen-bond donors (Lipinski definition) is 1. The van der Waals surface area contributed by atoms with E-state index in [0.717, 1.165) is 18.4 Å². The molecule has 0 bridgehead atoms. The van der Waals surface area contributed by atoms with Crippen molar-refractivity contribution in [3.05, 3.63) is 71.5 Å². The number of benzene rings is 1. The third kappa shape index (κ3) is 4.75. The van der Waals surface area contributed by atoms with Crippen LogP contribution in [0.15, 0.2) is 60.9 Å². The summed E-state index contributed by atoms with van der Waals surface area (Å²) in [5.74, 6) is 0.779. The van der Waals surface area contributed by atoms with Crippen molar-refractivity contribution >= 4 is 34.4 Å². The van der Waals surface area contributed by atoms with Crippen molar-refractivity contribution in [2.24, 2.45) is 5.92 Å². The van der Waals surface area contributed by atoms with Crippen LogP contribution in [-0.4, -0.2) is 25.7 Å². The molecule has 0 aliphatic heterocycles. The Labute approximate surface area is 186 Å². The normalized spacial score (nSPS) is 11.2. The molecule has 0 aliphatic rings. The van der Waals surface area contributed by atoms with E-state index in [4.69, 9.17) is 16.6 Å². The second-order valence-electron chi connectivity index (χ2n) is 7.86. The van der Waals surface area contributed by atoms with Gasteiger partial charge >= 0.3 is 0 Å². The average Bonchev–Trinajstić information content (AvgIpc) is 3.10. The highest BCUT2D eigenvalue weighted by atomic mass is 35.5. The number of pyridine rings is 2. The molecule has 0 aliphatic carbocycles. The minimum absolute atomic E-state index is 0.273. The van der Waals surface area contributed by atoms with Crippen LogP contribution in [0.25, 0.3) is 22.3 Å². The summed E-state index contributed by atoms with van der Waals surface area (Å²) in [6.45, 7) is 5.11. The highest BCUT2D eigenvalue weighted by Crippen LogP contribution is 2.32. The van der Waals surface area contributed by atoms with Crippen LogP contribution in [0.5, 0.6) is 0 Å². The number of hydrogen-bond acceptors (Lipinski definition) is 4. The van der Waals surface area contributed by atoms with Crippen LogP contribution in [0.2, 0.25) is 5.02 Å². The Kier molecular flexibility index (Phi) is 6.28. The van der Waals surface area contributed by atoms with Gasteiger partial charge in [0.05, 0.1) is 21.7 Å². The number of halogens is 1. The third-order valence-electron chi connectivity index (χ3n) is 5.03. The minimum atomic E-state index is -0.273.